The molecule has 0 fully saturated rings. The summed E-state index contributed by atoms with van der Waals surface area (Å²) in [6.07, 6.45) is 51.5. The molecule has 8 nitrogen and oxygen atoms in total. The zero-order valence-electron chi connectivity index (χ0n) is 41.7. The average molecular weight is 893 g/mol. The molecular weight excluding hydrogens is 789 g/mol. The lowest BCUT2D eigenvalue weighted by atomic mass is 10.0. The van der Waals surface area contributed by atoms with Gasteiger partial charge in [0.1, 0.15) is 0 Å². The van der Waals surface area contributed by atoms with Gasteiger partial charge < -0.3 is 19.7 Å². The summed E-state index contributed by atoms with van der Waals surface area (Å²) in [7, 11) is 0. The van der Waals surface area contributed by atoms with E-state index < -0.39 is 36.1 Å². The standard InChI is InChI=1S/C55H104O8/c1-3-5-7-9-11-13-15-17-19-21-23-25-27-29-31-33-35-38-42-46-50(54(58)59)62-52(56)48-44-40-37-41-45-49-53(57)63-51(55(60)61)47-43-39-36-34-32-30-28-26-24-22-20-18-16-14-12-10-8-6-4-2/h50-51H,3-49H2,1-2H3,(H,58,59)(H,60,61). The molecule has 0 aliphatic heterocycles. The van der Waals surface area contributed by atoms with Gasteiger partial charge in [-0.1, -0.05) is 264 Å². The maximum absolute atomic E-state index is 12.3. The van der Waals surface area contributed by atoms with Gasteiger partial charge in [0.2, 0.25) is 0 Å². The number of carbonyl (C=O) groups is 4. The Bertz CT molecular complexity index is 937. The molecule has 0 aliphatic carbocycles. The van der Waals surface area contributed by atoms with E-state index in [9.17, 15) is 29.4 Å². The maximum Gasteiger partial charge on any atom is 0.345 e. The van der Waals surface area contributed by atoms with Crippen LogP contribution in [0, 0.1) is 0 Å². The minimum atomic E-state index is -1.08. The Morgan fingerprint density at radius 2 is 0.460 bits per heavy atom. The Kier molecular flexibility index (Phi) is 47.7. The molecule has 0 aromatic carbocycles. The Labute approximate surface area is 389 Å². The SMILES string of the molecule is CCCCCCCCCCCCCCCCCCCCCC(OC(=O)CCCCCCCC(=O)OC(CCCCCCCCCCCCCCCCCCCCC)C(=O)O)C(=O)O. The van der Waals surface area contributed by atoms with Crippen LogP contribution in [0.5, 0.6) is 0 Å². The van der Waals surface area contributed by atoms with Crippen LogP contribution in [0.25, 0.3) is 0 Å². The van der Waals surface area contributed by atoms with E-state index in [1.807, 2.05) is 0 Å². The number of carboxylic acids is 2. The zero-order valence-corrected chi connectivity index (χ0v) is 41.7. The summed E-state index contributed by atoms with van der Waals surface area (Å²) >= 11 is 0. The van der Waals surface area contributed by atoms with E-state index in [4.69, 9.17) is 9.47 Å². The van der Waals surface area contributed by atoms with E-state index in [0.29, 0.717) is 25.7 Å². The lowest BCUT2D eigenvalue weighted by molar-refractivity contribution is -0.164. The summed E-state index contributed by atoms with van der Waals surface area (Å²) in [6.45, 7) is 4.55. The van der Waals surface area contributed by atoms with Crippen LogP contribution in [-0.4, -0.2) is 46.3 Å². The number of unbranched alkanes of at least 4 members (excludes halogenated alkanes) is 40. The number of esters is 2. The summed E-state index contributed by atoms with van der Waals surface area (Å²) in [5.41, 5.74) is 0. The van der Waals surface area contributed by atoms with Gasteiger partial charge in [0.25, 0.3) is 0 Å². The first-order valence-electron chi connectivity index (χ1n) is 27.7. The highest BCUT2D eigenvalue weighted by atomic mass is 16.6. The summed E-state index contributed by atoms with van der Waals surface area (Å²) in [5, 5.41) is 19.2. The molecule has 2 atom stereocenters. The molecule has 372 valence electrons. The van der Waals surface area contributed by atoms with Crippen molar-refractivity contribution in [2.45, 2.75) is 328 Å². The summed E-state index contributed by atoms with van der Waals surface area (Å²) in [5.74, 6) is -3.08. The van der Waals surface area contributed by atoms with Crippen molar-refractivity contribution in [1.29, 1.82) is 0 Å². The van der Waals surface area contributed by atoms with Crippen LogP contribution >= 0.6 is 0 Å². The lowest BCUT2D eigenvalue weighted by Crippen LogP contribution is -2.27. The highest BCUT2D eigenvalue weighted by Crippen LogP contribution is 2.19. The topological polar surface area (TPSA) is 127 Å². The molecule has 0 spiro atoms. The molecule has 2 unspecified atom stereocenters. The van der Waals surface area contributed by atoms with Crippen molar-refractivity contribution >= 4 is 23.9 Å². The van der Waals surface area contributed by atoms with E-state index in [1.165, 1.54) is 205 Å². The maximum atomic E-state index is 12.3. The van der Waals surface area contributed by atoms with Gasteiger partial charge in [-0.2, -0.15) is 0 Å². The van der Waals surface area contributed by atoms with Crippen molar-refractivity contribution in [1.82, 2.24) is 0 Å². The van der Waals surface area contributed by atoms with Gasteiger partial charge in [0.05, 0.1) is 0 Å². The third-order valence-electron chi connectivity index (χ3n) is 13.0. The van der Waals surface area contributed by atoms with E-state index in [-0.39, 0.29) is 12.8 Å². The van der Waals surface area contributed by atoms with Gasteiger partial charge in [0.15, 0.2) is 12.2 Å². The van der Waals surface area contributed by atoms with Crippen LogP contribution in [0.1, 0.15) is 316 Å². The third-order valence-corrected chi connectivity index (χ3v) is 13.0. The van der Waals surface area contributed by atoms with Gasteiger partial charge in [-0.25, -0.2) is 9.59 Å². The molecule has 0 rings (SSSR count). The highest BCUT2D eigenvalue weighted by molar-refractivity contribution is 5.78. The Hall–Kier alpha value is -2.12. The minimum Gasteiger partial charge on any atom is -0.479 e. The molecule has 0 heterocycles. The Balaban J connectivity index is 3.71. The Morgan fingerprint density at radius 3 is 0.651 bits per heavy atom. The second-order valence-electron chi connectivity index (χ2n) is 19.2. The van der Waals surface area contributed by atoms with Crippen molar-refractivity contribution in [3.05, 3.63) is 0 Å². The number of rotatable bonds is 52. The fourth-order valence-electron chi connectivity index (χ4n) is 8.79. The van der Waals surface area contributed by atoms with E-state index in [1.54, 1.807) is 0 Å². The number of carbonyl (C=O) groups excluding carboxylic acids is 2. The van der Waals surface area contributed by atoms with E-state index in [0.717, 1.165) is 57.8 Å². The first-order chi connectivity index (χ1) is 30.8. The first-order valence-corrected chi connectivity index (χ1v) is 27.7. The van der Waals surface area contributed by atoms with Crippen molar-refractivity contribution in [3.63, 3.8) is 0 Å². The fourth-order valence-corrected chi connectivity index (χ4v) is 8.79. The molecule has 0 aliphatic rings. The van der Waals surface area contributed by atoms with Crippen LogP contribution < -0.4 is 0 Å². The second-order valence-corrected chi connectivity index (χ2v) is 19.2. The normalized spacial score (nSPS) is 12.3. The molecular formula is C55H104O8. The quantitative estimate of drug-likeness (QED) is 0.0456. The molecule has 0 saturated heterocycles. The molecule has 0 aromatic rings. The molecule has 63 heavy (non-hydrogen) atoms. The van der Waals surface area contributed by atoms with Crippen LogP contribution in [0.15, 0.2) is 0 Å². The van der Waals surface area contributed by atoms with Crippen molar-refractivity contribution < 1.29 is 38.9 Å². The predicted molar refractivity (Wildman–Crippen MR) is 263 cm³/mol. The highest BCUT2D eigenvalue weighted by Gasteiger charge is 2.22. The van der Waals surface area contributed by atoms with Gasteiger partial charge in [-0.05, 0) is 38.5 Å². The van der Waals surface area contributed by atoms with Crippen molar-refractivity contribution in [2.24, 2.45) is 0 Å². The summed E-state index contributed by atoms with van der Waals surface area (Å²) < 4.78 is 10.6. The average Bonchev–Trinajstić information content (AvgIpc) is 3.26. The molecule has 0 amide bonds. The van der Waals surface area contributed by atoms with Gasteiger partial charge >= 0.3 is 23.9 Å². The second kappa shape index (κ2) is 49.3. The molecule has 0 bridgehead atoms. The number of ether oxygens (including phenoxy) is 2. The van der Waals surface area contributed by atoms with Crippen LogP contribution in [0.2, 0.25) is 0 Å². The largest absolute Gasteiger partial charge is 0.479 e. The number of hydrogen-bond acceptors (Lipinski definition) is 6. The lowest BCUT2D eigenvalue weighted by Gasteiger charge is -2.14. The minimum absolute atomic E-state index is 0.185. The zero-order chi connectivity index (χ0) is 46.1. The molecule has 2 N–H and O–H groups in total. The van der Waals surface area contributed by atoms with Crippen molar-refractivity contribution in [2.75, 3.05) is 0 Å². The first kappa shape index (κ1) is 60.9. The van der Waals surface area contributed by atoms with Gasteiger partial charge in [-0.3, -0.25) is 9.59 Å². The van der Waals surface area contributed by atoms with Crippen LogP contribution in [0.4, 0.5) is 0 Å². The monoisotopic (exact) mass is 893 g/mol. The number of aliphatic carboxylic acids is 2. The summed E-state index contributed by atoms with van der Waals surface area (Å²) in [4.78, 5) is 48.1. The number of hydrogen-bond donors (Lipinski definition) is 2. The fraction of sp³-hybridized carbons (Fsp3) is 0.927. The molecule has 0 radical (unpaired) electrons. The molecule has 0 saturated carbocycles. The molecule has 8 heteroatoms. The van der Waals surface area contributed by atoms with Crippen molar-refractivity contribution in [3.8, 4) is 0 Å². The summed E-state index contributed by atoms with van der Waals surface area (Å²) in [6, 6.07) is 0. The van der Waals surface area contributed by atoms with Gasteiger partial charge in [-0.15, -0.1) is 0 Å². The van der Waals surface area contributed by atoms with Crippen LogP contribution in [-0.2, 0) is 28.7 Å². The van der Waals surface area contributed by atoms with E-state index >= 15 is 0 Å². The smallest absolute Gasteiger partial charge is 0.345 e. The third kappa shape index (κ3) is 46.2. The number of carboxylic acid groups (broad SMARTS) is 2. The Morgan fingerprint density at radius 1 is 0.286 bits per heavy atom. The molecule has 0 aromatic heterocycles. The van der Waals surface area contributed by atoms with Crippen LogP contribution in [0.3, 0.4) is 0 Å². The predicted octanol–water partition coefficient (Wildman–Crippen LogP) is 17.4. The van der Waals surface area contributed by atoms with Gasteiger partial charge in [0, 0.05) is 12.8 Å². The van der Waals surface area contributed by atoms with E-state index in [2.05, 4.69) is 13.8 Å².